The Morgan fingerprint density at radius 2 is 2.46 bits per heavy atom. The minimum Gasteiger partial charge on any atom is -0.384 e. The van der Waals surface area contributed by atoms with Crippen molar-refractivity contribution in [2.24, 2.45) is 5.92 Å². The summed E-state index contributed by atoms with van der Waals surface area (Å²) in [5.74, 6) is 0.527. The molecule has 1 rings (SSSR count). The van der Waals surface area contributed by atoms with Gasteiger partial charge in [-0.15, -0.1) is 11.3 Å². The van der Waals surface area contributed by atoms with Crippen molar-refractivity contribution < 1.29 is 9.53 Å². The minimum atomic E-state index is 0.222. The first-order valence-corrected chi connectivity index (χ1v) is 5.17. The van der Waals surface area contributed by atoms with E-state index in [9.17, 15) is 4.79 Å². The summed E-state index contributed by atoms with van der Waals surface area (Å²) in [4.78, 5) is 12.4. The van der Waals surface area contributed by atoms with Crippen LogP contribution in [0.15, 0.2) is 17.5 Å². The number of ether oxygens (including phenoxy) is 1. The lowest BCUT2D eigenvalue weighted by molar-refractivity contribution is 0.0924. The van der Waals surface area contributed by atoms with Crippen LogP contribution in [-0.2, 0) is 4.74 Å². The second kappa shape index (κ2) is 5.14. The topological polar surface area (TPSA) is 26.3 Å². The van der Waals surface area contributed by atoms with Crippen molar-refractivity contribution in [1.29, 1.82) is 0 Å². The third kappa shape index (κ3) is 3.28. The minimum absolute atomic E-state index is 0.222. The summed E-state index contributed by atoms with van der Waals surface area (Å²) in [6.07, 6.45) is 0.578. The molecule has 13 heavy (non-hydrogen) atoms. The highest BCUT2D eigenvalue weighted by Gasteiger charge is 2.11. The zero-order chi connectivity index (χ0) is 9.68. The maximum absolute atomic E-state index is 11.5. The van der Waals surface area contributed by atoms with E-state index in [1.54, 1.807) is 7.11 Å². The van der Waals surface area contributed by atoms with Crippen LogP contribution >= 0.6 is 11.3 Å². The smallest absolute Gasteiger partial charge is 0.173 e. The van der Waals surface area contributed by atoms with Crippen LogP contribution in [-0.4, -0.2) is 19.5 Å². The van der Waals surface area contributed by atoms with Gasteiger partial charge in [0.15, 0.2) is 5.78 Å². The molecule has 0 aromatic carbocycles. The molecule has 0 aliphatic heterocycles. The van der Waals surface area contributed by atoms with Gasteiger partial charge in [-0.05, 0) is 17.4 Å². The first-order chi connectivity index (χ1) is 6.24. The Morgan fingerprint density at radius 3 is 3.00 bits per heavy atom. The van der Waals surface area contributed by atoms with Crippen LogP contribution in [0.3, 0.4) is 0 Å². The summed E-state index contributed by atoms with van der Waals surface area (Å²) in [5.41, 5.74) is 0. The van der Waals surface area contributed by atoms with E-state index in [1.807, 2.05) is 24.4 Å². The summed E-state index contributed by atoms with van der Waals surface area (Å²) in [7, 11) is 1.66. The Hall–Kier alpha value is -0.670. The molecule has 0 spiro atoms. The molecule has 3 heteroatoms. The van der Waals surface area contributed by atoms with Crippen LogP contribution in [0.1, 0.15) is 23.0 Å². The van der Waals surface area contributed by atoms with Crippen molar-refractivity contribution in [2.75, 3.05) is 13.7 Å². The van der Waals surface area contributed by atoms with Crippen LogP contribution in [0.2, 0.25) is 0 Å². The van der Waals surface area contributed by atoms with Gasteiger partial charge in [-0.3, -0.25) is 4.79 Å². The summed E-state index contributed by atoms with van der Waals surface area (Å²) in [5, 5.41) is 1.92. The van der Waals surface area contributed by atoms with Crippen molar-refractivity contribution in [3.05, 3.63) is 22.4 Å². The lowest BCUT2D eigenvalue weighted by Gasteiger charge is -2.07. The van der Waals surface area contributed by atoms with Crippen molar-refractivity contribution in [2.45, 2.75) is 13.3 Å². The molecule has 1 aromatic heterocycles. The quantitative estimate of drug-likeness (QED) is 0.680. The molecule has 0 bridgehead atoms. The van der Waals surface area contributed by atoms with Crippen molar-refractivity contribution >= 4 is 17.1 Å². The molecular formula is C10H14O2S. The van der Waals surface area contributed by atoms with E-state index in [0.717, 1.165) is 4.88 Å². The number of carbonyl (C=O) groups excluding carboxylic acids is 1. The van der Waals surface area contributed by atoms with Gasteiger partial charge in [-0.2, -0.15) is 0 Å². The molecule has 0 radical (unpaired) electrons. The highest BCUT2D eigenvalue weighted by Crippen LogP contribution is 2.14. The lowest BCUT2D eigenvalue weighted by atomic mass is 10.1. The Kier molecular flexibility index (Phi) is 4.12. The van der Waals surface area contributed by atoms with E-state index >= 15 is 0 Å². The maximum atomic E-state index is 11.5. The molecule has 1 atom stereocenters. The molecule has 1 unspecified atom stereocenters. The molecule has 0 fully saturated rings. The van der Waals surface area contributed by atoms with Crippen LogP contribution < -0.4 is 0 Å². The van der Waals surface area contributed by atoms with Crippen LogP contribution in [0.5, 0.6) is 0 Å². The summed E-state index contributed by atoms with van der Waals surface area (Å²) in [6, 6.07) is 3.77. The van der Waals surface area contributed by atoms with Gasteiger partial charge in [0, 0.05) is 20.1 Å². The van der Waals surface area contributed by atoms with Crippen LogP contribution in [0.25, 0.3) is 0 Å². The van der Waals surface area contributed by atoms with E-state index in [0.29, 0.717) is 18.9 Å². The monoisotopic (exact) mass is 198 g/mol. The predicted molar refractivity (Wildman–Crippen MR) is 54.3 cm³/mol. The van der Waals surface area contributed by atoms with Gasteiger partial charge in [0.25, 0.3) is 0 Å². The predicted octanol–water partition coefficient (Wildman–Crippen LogP) is 2.60. The molecule has 1 aromatic rings. The Balaban J connectivity index is 2.42. The highest BCUT2D eigenvalue weighted by molar-refractivity contribution is 7.12. The van der Waals surface area contributed by atoms with E-state index in [4.69, 9.17) is 4.74 Å². The van der Waals surface area contributed by atoms with E-state index < -0.39 is 0 Å². The fourth-order valence-electron chi connectivity index (χ4n) is 1.20. The van der Waals surface area contributed by atoms with Crippen molar-refractivity contribution in [3.8, 4) is 0 Å². The zero-order valence-corrected chi connectivity index (χ0v) is 8.76. The van der Waals surface area contributed by atoms with Gasteiger partial charge in [0.05, 0.1) is 4.88 Å². The van der Waals surface area contributed by atoms with Crippen molar-refractivity contribution in [1.82, 2.24) is 0 Å². The van der Waals surface area contributed by atoms with Crippen LogP contribution in [0, 0.1) is 5.92 Å². The number of hydrogen-bond acceptors (Lipinski definition) is 3. The molecular weight excluding hydrogens is 184 g/mol. The standard InChI is InChI=1S/C10H14O2S/c1-8(7-12-2)6-9(11)10-4-3-5-13-10/h3-5,8H,6-7H2,1-2H3. The number of rotatable bonds is 5. The van der Waals surface area contributed by atoms with Gasteiger partial charge >= 0.3 is 0 Å². The molecule has 0 aliphatic carbocycles. The SMILES string of the molecule is COCC(C)CC(=O)c1cccs1. The fraction of sp³-hybridized carbons (Fsp3) is 0.500. The molecule has 0 saturated heterocycles. The zero-order valence-electron chi connectivity index (χ0n) is 7.95. The van der Waals surface area contributed by atoms with E-state index in [2.05, 4.69) is 0 Å². The van der Waals surface area contributed by atoms with Crippen LogP contribution in [0.4, 0.5) is 0 Å². The molecule has 0 aliphatic rings. The number of ketones is 1. The molecule has 72 valence electrons. The molecule has 1 heterocycles. The molecule has 0 N–H and O–H groups in total. The largest absolute Gasteiger partial charge is 0.384 e. The average molecular weight is 198 g/mol. The molecule has 0 amide bonds. The third-order valence-electron chi connectivity index (χ3n) is 1.78. The van der Waals surface area contributed by atoms with Gasteiger partial charge in [-0.25, -0.2) is 0 Å². The van der Waals surface area contributed by atoms with E-state index in [1.165, 1.54) is 11.3 Å². The number of Topliss-reactive ketones (excluding diaryl/α,β-unsaturated/α-hetero) is 1. The Labute approximate surface area is 82.5 Å². The van der Waals surface area contributed by atoms with Gasteiger partial charge < -0.3 is 4.74 Å². The lowest BCUT2D eigenvalue weighted by Crippen LogP contribution is -2.09. The van der Waals surface area contributed by atoms with Gasteiger partial charge in [0.1, 0.15) is 0 Å². The maximum Gasteiger partial charge on any atom is 0.173 e. The number of thiophene rings is 1. The van der Waals surface area contributed by atoms with E-state index in [-0.39, 0.29) is 5.78 Å². The third-order valence-corrected chi connectivity index (χ3v) is 2.69. The number of methoxy groups -OCH3 is 1. The summed E-state index contributed by atoms with van der Waals surface area (Å²) < 4.78 is 4.97. The first kappa shape index (κ1) is 10.4. The van der Waals surface area contributed by atoms with Gasteiger partial charge in [0.2, 0.25) is 0 Å². The molecule has 2 nitrogen and oxygen atoms in total. The second-order valence-electron chi connectivity index (χ2n) is 3.17. The number of carbonyl (C=O) groups is 1. The fourth-order valence-corrected chi connectivity index (χ4v) is 1.87. The summed E-state index contributed by atoms with van der Waals surface area (Å²) in [6.45, 7) is 2.67. The average Bonchev–Trinajstić information content (AvgIpc) is 2.55. The highest BCUT2D eigenvalue weighted by atomic mass is 32.1. The first-order valence-electron chi connectivity index (χ1n) is 4.29. The Morgan fingerprint density at radius 1 is 1.69 bits per heavy atom. The normalized spacial score (nSPS) is 12.8. The van der Waals surface area contributed by atoms with Crippen molar-refractivity contribution in [3.63, 3.8) is 0 Å². The summed E-state index contributed by atoms with van der Waals surface area (Å²) >= 11 is 1.50. The molecule has 0 saturated carbocycles. The second-order valence-corrected chi connectivity index (χ2v) is 4.11. The van der Waals surface area contributed by atoms with Gasteiger partial charge in [-0.1, -0.05) is 13.0 Å². The number of hydrogen-bond donors (Lipinski definition) is 0. The Bertz CT molecular complexity index is 254.